The van der Waals surface area contributed by atoms with Gasteiger partial charge in [-0.3, -0.25) is 9.59 Å². The number of carbonyl (C=O) groups excluding carboxylic acids is 2. The van der Waals surface area contributed by atoms with Gasteiger partial charge in [-0.25, -0.2) is 0 Å². The highest BCUT2D eigenvalue weighted by Crippen LogP contribution is 2.24. The maximum Gasteiger partial charge on any atom is 0.252 e. The van der Waals surface area contributed by atoms with Gasteiger partial charge in [0.15, 0.2) is 6.61 Å². The number of nitrogens with two attached hydrogens (primary N) is 1. The molecule has 0 saturated carbocycles. The molecule has 7 heteroatoms. The molecule has 0 aliphatic heterocycles. The van der Waals surface area contributed by atoms with Crippen molar-refractivity contribution in [3.05, 3.63) is 50.1 Å². The van der Waals surface area contributed by atoms with E-state index in [1.807, 2.05) is 0 Å². The molecule has 1 aromatic carbocycles. The summed E-state index contributed by atoms with van der Waals surface area (Å²) in [6, 6.07) is 7.70. The molecule has 0 spiro atoms. The van der Waals surface area contributed by atoms with E-state index in [1.165, 1.54) is 23.5 Å². The highest BCUT2D eigenvalue weighted by Gasteiger charge is 2.14. The Morgan fingerprint density at radius 2 is 1.95 bits per heavy atom. The number of primary amides is 1. The van der Waals surface area contributed by atoms with E-state index >= 15 is 0 Å². The van der Waals surface area contributed by atoms with E-state index in [0.29, 0.717) is 14.2 Å². The van der Waals surface area contributed by atoms with Crippen LogP contribution in [0.15, 0.2) is 30.3 Å². The molecule has 2 aromatic rings. The van der Waals surface area contributed by atoms with Crippen LogP contribution in [0.4, 0.5) is 0 Å². The van der Waals surface area contributed by atoms with Gasteiger partial charge in [0.05, 0.1) is 14.8 Å². The number of ketones is 1. The third-order valence-electron chi connectivity index (χ3n) is 2.41. The van der Waals surface area contributed by atoms with Crippen LogP contribution in [0, 0.1) is 0 Å². The van der Waals surface area contributed by atoms with Gasteiger partial charge in [-0.1, -0.05) is 23.2 Å². The van der Waals surface area contributed by atoms with E-state index in [9.17, 15) is 9.59 Å². The number of benzene rings is 1. The minimum absolute atomic E-state index is 0.134. The maximum atomic E-state index is 11.9. The zero-order chi connectivity index (χ0) is 14.7. The fourth-order valence-electron chi connectivity index (χ4n) is 1.50. The summed E-state index contributed by atoms with van der Waals surface area (Å²) in [7, 11) is 0. The molecule has 2 rings (SSSR count). The van der Waals surface area contributed by atoms with E-state index in [2.05, 4.69) is 0 Å². The lowest BCUT2D eigenvalue weighted by Gasteiger charge is -2.08. The molecule has 1 heterocycles. The molecule has 0 aliphatic carbocycles. The SMILES string of the molecule is NC(=O)c1cc(Cl)ccc1OCC(=O)c1ccc(Cl)s1. The second-order valence-electron chi connectivity index (χ2n) is 3.82. The molecule has 2 N–H and O–H groups in total. The highest BCUT2D eigenvalue weighted by atomic mass is 35.5. The predicted octanol–water partition coefficient (Wildman–Crippen LogP) is 3.42. The summed E-state index contributed by atoms with van der Waals surface area (Å²) in [6.07, 6.45) is 0. The van der Waals surface area contributed by atoms with Crippen LogP contribution in [0.3, 0.4) is 0 Å². The molecule has 104 valence electrons. The first kappa shape index (κ1) is 14.8. The summed E-state index contributed by atoms with van der Waals surface area (Å²) in [4.78, 5) is 23.6. The third-order valence-corrected chi connectivity index (χ3v) is 3.92. The topological polar surface area (TPSA) is 69.4 Å². The zero-order valence-electron chi connectivity index (χ0n) is 10.1. The molecule has 0 unspecified atom stereocenters. The van der Waals surface area contributed by atoms with Crippen molar-refractivity contribution in [3.63, 3.8) is 0 Å². The van der Waals surface area contributed by atoms with Gasteiger partial charge in [-0.2, -0.15) is 0 Å². The molecule has 20 heavy (non-hydrogen) atoms. The highest BCUT2D eigenvalue weighted by molar-refractivity contribution is 7.18. The van der Waals surface area contributed by atoms with Crippen LogP contribution in [0.25, 0.3) is 0 Å². The van der Waals surface area contributed by atoms with Crippen LogP contribution >= 0.6 is 34.5 Å². The minimum atomic E-state index is -0.672. The Bertz CT molecular complexity index is 669. The standard InChI is InChI=1S/C13H9Cl2NO3S/c14-7-1-2-10(8(5-7)13(16)18)19-6-9(17)11-3-4-12(15)20-11/h1-5H,6H2,(H2,16,18). The second kappa shape index (κ2) is 6.26. The second-order valence-corrected chi connectivity index (χ2v) is 5.97. The van der Waals surface area contributed by atoms with Crippen LogP contribution in [0.1, 0.15) is 20.0 Å². The monoisotopic (exact) mass is 329 g/mol. The van der Waals surface area contributed by atoms with Gasteiger partial charge in [-0.05, 0) is 30.3 Å². The number of halogens is 2. The number of Topliss-reactive ketones (excluding diaryl/α,β-unsaturated/α-hetero) is 1. The summed E-state index contributed by atoms with van der Waals surface area (Å²) >= 11 is 12.7. The largest absolute Gasteiger partial charge is 0.485 e. The van der Waals surface area contributed by atoms with E-state index < -0.39 is 5.91 Å². The van der Waals surface area contributed by atoms with Crippen molar-refractivity contribution in [1.82, 2.24) is 0 Å². The van der Waals surface area contributed by atoms with Gasteiger partial charge in [0.25, 0.3) is 5.91 Å². The average Bonchev–Trinajstić information content (AvgIpc) is 2.83. The Hall–Kier alpha value is -1.56. The normalized spacial score (nSPS) is 10.3. The fraction of sp³-hybridized carbons (Fsp3) is 0.0769. The molecule has 1 aromatic heterocycles. The van der Waals surface area contributed by atoms with E-state index in [-0.39, 0.29) is 23.7 Å². The Kier molecular flexibility index (Phi) is 4.65. The Morgan fingerprint density at radius 1 is 1.20 bits per heavy atom. The summed E-state index contributed by atoms with van der Waals surface area (Å²) < 4.78 is 5.86. The molecule has 0 bridgehead atoms. The molecule has 4 nitrogen and oxygen atoms in total. The number of thiophene rings is 1. The average molecular weight is 330 g/mol. The molecular weight excluding hydrogens is 321 g/mol. The van der Waals surface area contributed by atoms with Crippen molar-refractivity contribution in [3.8, 4) is 5.75 Å². The molecular formula is C13H9Cl2NO3S. The molecule has 1 amide bonds. The number of rotatable bonds is 5. The van der Waals surface area contributed by atoms with Gasteiger partial charge < -0.3 is 10.5 Å². The van der Waals surface area contributed by atoms with Gasteiger partial charge in [-0.15, -0.1) is 11.3 Å². The van der Waals surface area contributed by atoms with Crippen molar-refractivity contribution in [2.45, 2.75) is 0 Å². The van der Waals surface area contributed by atoms with Gasteiger partial charge in [0.2, 0.25) is 5.78 Å². The zero-order valence-corrected chi connectivity index (χ0v) is 12.4. The molecule has 0 atom stereocenters. The van der Waals surface area contributed by atoms with Gasteiger partial charge in [0.1, 0.15) is 5.75 Å². The van der Waals surface area contributed by atoms with Gasteiger partial charge >= 0.3 is 0 Å². The first-order valence-electron chi connectivity index (χ1n) is 5.48. The molecule has 0 radical (unpaired) electrons. The summed E-state index contributed by atoms with van der Waals surface area (Å²) in [5, 5.41) is 0.363. The van der Waals surface area contributed by atoms with Crippen LogP contribution in [-0.2, 0) is 0 Å². The smallest absolute Gasteiger partial charge is 0.252 e. The van der Waals surface area contributed by atoms with Crippen LogP contribution in [0.5, 0.6) is 5.75 Å². The van der Waals surface area contributed by atoms with Crippen LogP contribution in [0.2, 0.25) is 9.36 Å². The first-order chi connectivity index (χ1) is 9.47. The van der Waals surface area contributed by atoms with Crippen molar-refractivity contribution < 1.29 is 14.3 Å². The molecule has 0 fully saturated rings. The minimum Gasteiger partial charge on any atom is -0.485 e. The Morgan fingerprint density at radius 3 is 2.55 bits per heavy atom. The molecule has 0 saturated heterocycles. The van der Waals surface area contributed by atoms with Crippen LogP contribution < -0.4 is 10.5 Å². The lowest BCUT2D eigenvalue weighted by Crippen LogP contribution is -2.16. The lowest BCUT2D eigenvalue weighted by molar-refractivity contribution is 0.0916. The number of hydrogen-bond donors (Lipinski definition) is 1. The molecule has 0 aliphatic rings. The number of amides is 1. The van der Waals surface area contributed by atoms with E-state index in [0.717, 1.165) is 0 Å². The summed E-state index contributed by atoms with van der Waals surface area (Å²) in [6.45, 7) is -0.210. The van der Waals surface area contributed by atoms with E-state index in [4.69, 9.17) is 33.7 Å². The van der Waals surface area contributed by atoms with Crippen LogP contribution in [-0.4, -0.2) is 18.3 Å². The summed E-state index contributed by atoms with van der Waals surface area (Å²) in [5.41, 5.74) is 5.36. The Balaban J connectivity index is 2.11. The maximum absolute atomic E-state index is 11.9. The predicted molar refractivity (Wildman–Crippen MR) is 79.1 cm³/mol. The lowest BCUT2D eigenvalue weighted by atomic mass is 10.2. The fourth-order valence-corrected chi connectivity index (χ4v) is 2.64. The quantitative estimate of drug-likeness (QED) is 0.854. The third kappa shape index (κ3) is 3.50. The summed E-state index contributed by atoms with van der Waals surface area (Å²) in [5.74, 6) is -0.681. The van der Waals surface area contributed by atoms with Crippen molar-refractivity contribution in [2.75, 3.05) is 6.61 Å². The van der Waals surface area contributed by atoms with Crippen molar-refractivity contribution in [2.24, 2.45) is 5.73 Å². The van der Waals surface area contributed by atoms with Crippen molar-refractivity contribution >= 4 is 46.2 Å². The number of hydrogen-bond acceptors (Lipinski definition) is 4. The van der Waals surface area contributed by atoms with Crippen molar-refractivity contribution in [1.29, 1.82) is 0 Å². The number of ether oxygens (including phenoxy) is 1. The van der Waals surface area contributed by atoms with E-state index in [1.54, 1.807) is 18.2 Å². The first-order valence-corrected chi connectivity index (χ1v) is 7.05. The number of carbonyl (C=O) groups is 2. The van der Waals surface area contributed by atoms with Gasteiger partial charge in [0, 0.05) is 5.02 Å². The Labute approximate surface area is 129 Å².